The number of esters is 3. The lowest BCUT2D eigenvalue weighted by Gasteiger charge is -2.43. The number of hydrogen-bond donors (Lipinski definition) is 2. The fourth-order valence-electron chi connectivity index (χ4n) is 4.97. The van der Waals surface area contributed by atoms with Crippen molar-refractivity contribution in [3.63, 3.8) is 0 Å². The summed E-state index contributed by atoms with van der Waals surface area (Å²) >= 11 is 0. The highest BCUT2D eigenvalue weighted by atomic mass is 16.5. The van der Waals surface area contributed by atoms with Gasteiger partial charge in [-0.2, -0.15) is 0 Å². The SMILES string of the molecule is CCOC(=O)[C@@H](C)N1CCN([C@H](C)C(=O)OCC)CC(NC(CCCNC)C(=O)OC)(c2ccccc2)C1. The van der Waals surface area contributed by atoms with Crippen molar-refractivity contribution in [1.82, 2.24) is 20.4 Å². The summed E-state index contributed by atoms with van der Waals surface area (Å²) < 4.78 is 15.9. The van der Waals surface area contributed by atoms with E-state index in [0.717, 1.165) is 18.5 Å². The van der Waals surface area contributed by atoms with Crippen molar-refractivity contribution in [3.05, 3.63) is 35.9 Å². The average Bonchev–Trinajstić information content (AvgIpc) is 3.13. The van der Waals surface area contributed by atoms with E-state index in [0.29, 0.717) is 45.8 Å². The van der Waals surface area contributed by atoms with E-state index >= 15 is 0 Å². The average molecular weight is 535 g/mol. The number of rotatable bonds is 14. The number of carbonyl (C=O) groups is 3. The Kier molecular flexibility index (Phi) is 13.2. The third-order valence-corrected chi connectivity index (χ3v) is 7.15. The molecule has 10 heteroatoms. The monoisotopic (exact) mass is 534 g/mol. The number of carbonyl (C=O) groups excluding carboxylic acids is 3. The lowest BCUT2D eigenvalue weighted by molar-refractivity contribution is -0.150. The Hall–Kier alpha value is -2.53. The minimum absolute atomic E-state index is 0.293. The molecule has 0 spiro atoms. The molecule has 1 aliphatic rings. The van der Waals surface area contributed by atoms with Crippen LogP contribution in [0.5, 0.6) is 0 Å². The summed E-state index contributed by atoms with van der Waals surface area (Å²) in [5.41, 5.74) is 0.143. The van der Waals surface area contributed by atoms with Gasteiger partial charge in [0.05, 0.1) is 25.9 Å². The van der Waals surface area contributed by atoms with Crippen LogP contribution in [0.3, 0.4) is 0 Å². The van der Waals surface area contributed by atoms with E-state index in [1.807, 2.05) is 51.2 Å². The standard InChI is InChI=1S/C28H46N4O6/c1-7-37-25(33)21(3)31-17-18-32(22(4)26(34)38-8-2)20-28(19-31,23-13-10-9-11-14-23)30-24(27(35)36-6)15-12-16-29-5/h9-11,13-14,21-22,24,29-30H,7-8,12,15-20H2,1-6H3/t21-,22-,24?/m1/s1. The van der Waals surface area contributed by atoms with Crippen LogP contribution in [0, 0.1) is 0 Å². The van der Waals surface area contributed by atoms with Crippen LogP contribution in [-0.2, 0) is 34.1 Å². The smallest absolute Gasteiger partial charge is 0.323 e. The van der Waals surface area contributed by atoms with Crippen molar-refractivity contribution in [2.24, 2.45) is 0 Å². The van der Waals surface area contributed by atoms with Crippen molar-refractivity contribution in [2.75, 3.05) is 60.1 Å². The molecule has 214 valence electrons. The second-order valence-corrected chi connectivity index (χ2v) is 9.71. The van der Waals surface area contributed by atoms with Gasteiger partial charge in [0, 0.05) is 26.2 Å². The van der Waals surface area contributed by atoms with E-state index < -0.39 is 23.7 Å². The highest BCUT2D eigenvalue weighted by Gasteiger charge is 2.45. The first kappa shape index (κ1) is 31.7. The molecular weight excluding hydrogens is 488 g/mol. The number of benzene rings is 1. The van der Waals surface area contributed by atoms with Crippen molar-refractivity contribution >= 4 is 17.9 Å². The van der Waals surface area contributed by atoms with E-state index in [1.165, 1.54) is 7.11 Å². The molecule has 0 saturated carbocycles. The maximum atomic E-state index is 13.0. The molecule has 0 bridgehead atoms. The molecule has 10 nitrogen and oxygen atoms in total. The van der Waals surface area contributed by atoms with Gasteiger partial charge in [-0.1, -0.05) is 30.3 Å². The van der Waals surface area contributed by atoms with Crippen LogP contribution in [0.25, 0.3) is 0 Å². The fourth-order valence-corrected chi connectivity index (χ4v) is 4.97. The minimum atomic E-state index is -0.808. The van der Waals surface area contributed by atoms with Gasteiger partial charge in [0.1, 0.15) is 18.1 Å². The Labute approximate surface area is 227 Å². The molecule has 0 radical (unpaired) electrons. The molecule has 38 heavy (non-hydrogen) atoms. The molecule has 3 atom stereocenters. The second kappa shape index (κ2) is 15.8. The third kappa shape index (κ3) is 8.49. The number of nitrogens with one attached hydrogen (secondary N) is 2. The second-order valence-electron chi connectivity index (χ2n) is 9.71. The maximum absolute atomic E-state index is 13.0. The summed E-state index contributed by atoms with van der Waals surface area (Å²) in [6.45, 7) is 10.5. The van der Waals surface area contributed by atoms with E-state index in [-0.39, 0.29) is 17.9 Å². The molecule has 1 saturated heterocycles. The number of hydrogen-bond acceptors (Lipinski definition) is 10. The Balaban J connectivity index is 2.59. The Morgan fingerprint density at radius 1 is 0.921 bits per heavy atom. The summed E-state index contributed by atoms with van der Waals surface area (Å²) in [6, 6.07) is 8.26. The zero-order valence-corrected chi connectivity index (χ0v) is 23.8. The first-order valence-corrected chi connectivity index (χ1v) is 13.6. The Morgan fingerprint density at radius 2 is 1.45 bits per heavy atom. The number of methoxy groups -OCH3 is 1. The molecule has 0 amide bonds. The molecule has 1 heterocycles. The molecule has 1 fully saturated rings. The fraction of sp³-hybridized carbons (Fsp3) is 0.679. The number of ether oxygens (including phenoxy) is 3. The largest absolute Gasteiger partial charge is 0.468 e. The minimum Gasteiger partial charge on any atom is -0.468 e. The molecule has 1 aromatic carbocycles. The summed E-state index contributed by atoms with van der Waals surface area (Å²) in [6.07, 6.45) is 1.32. The number of nitrogens with zero attached hydrogens (tertiary/aromatic N) is 2. The summed E-state index contributed by atoms with van der Waals surface area (Å²) in [5, 5.41) is 6.79. The van der Waals surface area contributed by atoms with Gasteiger partial charge in [0.15, 0.2) is 0 Å². The predicted octanol–water partition coefficient (Wildman–Crippen LogP) is 1.53. The van der Waals surface area contributed by atoms with E-state index in [9.17, 15) is 14.4 Å². The van der Waals surface area contributed by atoms with Gasteiger partial charge in [0.25, 0.3) is 0 Å². The Bertz CT molecular complexity index is 849. The highest BCUT2D eigenvalue weighted by Crippen LogP contribution is 2.30. The molecular formula is C28H46N4O6. The molecule has 0 aromatic heterocycles. The normalized spacial score (nSPS) is 18.6. The molecule has 1 aromatic rings. The molecule has 0 aliphatic carbocycles. The van der Waals surface area contributed by atoms with Gasteiger partial charge in [-0.3, -0.25) is 29.5 Å². The summed E-state index contributed by atoms with van der Waals surface area (Å²) in [7, 11) is 3.27. The zero-order valence-electron chi connectivity index (χ0n) is 23.8. The van der Waals surface area contributed by atoms with Gasteiger partial charge >= 0.3 is 17.9 Å². The van der Waals surface area contributed by atoms with Crippen LogP contribution >= 0.6 is 0 Å². The van der Waals surface area contributed by atoms with Crippen molar-refractivity contribution < 1.29 is 28.6 Å². The third-order valence-electron chi connectivity index (χ3n) is 7.15. The molecule has 1 unspecified atom stereocenters. The van der Waals surface area contributed by atoms with Crippen LogP contribution in [0.1, 0.15) is 46.1 Å². The van der Waals surface area contributed by atoms with Crippen molar-refractivity contribution in [2.45, 2.75) is 64.2 Å². The molecule has 1 aliphatic heterocycles. The first-order valence-electron chi connectivity index (χ1n) is 13.6. The van der Waals surface area contributed by atoms with Gasteiger partial charge < -0.3 is 19.5 Å². The van der Waals surface area contributed by atoms with Gasteiger partial charge in [-0.25, -0.2) is 0 Å². The first-order chi connectivity index (χ1) is 18.2. The van der Waals surface area contributed by atoms with Gasteiger partial charge in [0.2, 0.25) is 0 Å². The van der Waals surface area contributed by atoms with Crippen LogP contribution in [0.2, 0.25) is 0 Å². The predicted molar refractivity (Wildman–Crippen MR) is 146 cm³/mol. The van der Waals surface area contributed by atoms with Gasteiger partial charge in [-0.05, 0) is 59.7 Å². The molecule has 2 rings (SSSR count). The van der Waals surface area contributed by atoms with E-state index in [4.69, 9.17) is 14.2 Å². The summed E-state index contributed by atoms with van der Waals surface area (Å²) in [5.74, 6) is -0.963. The highest BCUT2D eigenvalue weighted by molar-refractivity contribution is 5.76. The van der Waals surface area contributed by atoms with E-state index in [1.54, 1.807) is 13.8 Å². The maximum Gasteiger partial charge on any atom is 0.323 e. The van der Waals surface area contributed by atoms with Crippen molar-refractivity contribution in [3.8, 4) is 0 Å². The topological polar surface area (TPSA) is 109 Å². The quantitative estimate of drug-likeness (QED) is 0.207. The Morgan fingerprint density at radius 3 is 1.89 bits per heavy atom. The van der Waals surface area contributed by atoms with E-state index in [2.05, 4.69) is 20.4 Å². The van der Waals surface area contributed by atoms with Crippen LogP contribution in [0.4, 0.5) is 0 Å². The lowest BCUT2D eigenvalue weighted by atomic mass is 9.86. The lowest BCUT2D eigenvalue weighted by Crippen LogP contribution is -2.61. The molecule has 2 N–H and O–H groups in total. The zero-order chi connectivity index (χ0) is 28.1. The van der Waals surface area contributed by atoms with Crippen LogP contribution in [-0.4, -0.2) is 106 Å². The van der Waals surface area contributed by atoms with Crippen molar-refractivity contribution in [1.29, 1.82) is 0 Å². The van der Waals surface area contributed by atoms with Crippen LogP contribution < -0.4 is 10.6 Å². The summed E-state index contributed by atoms with van der Waals surface area (Å²) in [4.78, 5) is 42.7. The van der Waals surface area contributed by atoms with Crippen LogP contribution in [0.15, 0.2) is 30.3 Å². The van der Waals surface area contributed by atoms with Gasteiger partial charge in [-0.15, -0.1) is 0 Å².